The molecular weight excluding hydrogens is 298 g/mol. The minimum Gasteiger partial charge on any atom is -0.357 e. The second kappa shape index (κ2) is 8.24. The average Bonchev–Trinajstić information content (AvgIpc) is 3.02. The smallest absolute Gasteiger partial charge is 0.193 e. The molecule has 0 spiro atoms. The summed E-state index contributed by atoms with van der Waals surface area (Å²) in [5, 5.41) is 3.27. The molecular formula is C17H26F2N4. The number of likely N-dealkylation sites (tertiary alicyclic amines) is 1. The van der Waals surface area contributed by atoms with Crippen molar-refractivity contribution in [1.29, 1.82) is 0 Å². The third kappa shape index (κ3) is 4.41. The Morgan fingerprint density at radius 2 is 1.87 bits per heavy atom. The molecule has 1 aliphatic rings. The van der Waals surface area contributed by atoms with Gasteiger partial charge in [0.2, 0.25) is 0 Å². The van der Waals surface area contributed by atoms with Gasteiger partial charge in [-0.3, -0.25) is 4.99 Å². The van der Waals surface area contributed by atoms with E-state index in [9.17, 15) is 8.78 Å². The number of nitrogens with zero attached hydrogens (tertiary/aromatic N) is 3. The highest BCUT2D eigenvalue weighted by Crippen LogP contribution is 2.25. The summed E-state index contributed by atoms with van der Waals surface area (Å²) in [6.45, 7) is 5.06. The van der Waals surface area contributed by atoms with E-state index in [2.05, 4.69) is 15.2 Å². The molecule has 1 atom stereocenters. The highest BCUT2D eigenvalue weighted by molar-refractivity contribution is 5.80. The van der Waals surface area contributed by atoms with Gasteiger partial charge in [-0.15, -0.1) is 0 Å². The summed E-state index contributed by atoms with van der Waals surface area (Å²) in [7, 11) is 3.63. The first-order valence-electron chi connectivity index (χ1n) is 8.18. The number of likely N-dealkylation sites (N-methyl/N-ethyl adjacent to an activating group) is 1. The van der Waals surface area contributed by atoms with Crippen molar-refractivity contribution < 1.29 is 8.78 Å². The van der Waals surface area contributed by atoms with Gasteiger partial charge in [0.05, 0.1) is 12.6 Å². The van der Waals surface area contributed by atoms with Crippen molar-refractivity contribution in [1.82, 2.24) is 15.1 Å². The predicted molar refractivity (Wildman–Crippen MR) is 89.6 cm³/mol. The van der Waals surface area contributed by atoms with Gasteiger partial charge < -0.3 is 15.1 Å². The minimum atomic E-state index is -0.523. The zero-order valence-electron chi connectivity index (χ0n) is 14.1. The Balaban J connectivity index is 2.22. The Morgan fingerprint density at radius 1 is 1.26 bits per heavy atom. The molecule has 0 saturated carbocycles. The van der Waals surface area contributed by atoms with E-state index in [-0.39, 0.29) is 5.56 Å². The first kappa shape index (κ1) is 17.7. The van der Waals surface area contributed by atoms with Crippen LogP contribution < -0.4 is 5.32 Å². The Hall–Kier alpha value is -1.69. The van der Waals surface area contributed by atoms with Crippen LogP contribution in [-0.2, 0) is 0 Å². The maximum atomic E-state index is 14.1. The molecule has 0 amide bonds. The van der Waals surface area contributed by atoms with E-state index in [1.165, 1.54) is 18.2 Å². The summed E-state index contributed by atoms with van der Waals surface area (Å²) in [5.41, 5.74) is 0.0820. The van der Waals surface area contributed by atoms with Crippen molar-refractivity contribution in [2.75, 3.05) is 40.3 Å². The largest absolute Gasteiger partial charge is 0.357 e. The maximum Gasteiger partial charge on any atom is 0.193 e. The third-order valence-corrected chi connectivity index (χ3v) is 4.11. The lowest BCUT2D eigenvalue weighted by atomic mass is 10.0. The van der Waals surface area contributed by atoms with Crippen LogP contribution in [0.1, 0.15) is 31.4 Å². The number of nitrogens with one attached hydrogen (secondary N) is 1. The van der Waals surface area contributed by atoms with Gasteiger partial charge in [0, 0.05) is 25.2 Å². The van der Waals surface area contributed by atoms with E-state index in [0.717, 1.165) is 38.4 Å². The van der Waals surface area contributed by atoms with Gasteiger partial charge in [0.1, 0.15) is 11.6 Å². The monoisotopic (exact) mass is 324 g/mol. The zero-order chi connectivity index (χ0) is 16.8. The first-order chi connectivity index (χ1) is 11.0. The van der Waals surface area contributed by atoms with Gasteiger partial charge in [-0.2, -0.15) is 0 Å². The lowest BCUT2D eigenvalue weighted by molar-refractivity contribution is 0.289. The predicted octanol–water partition coefficient (Wildman–Crippen LogP) is 2.63. The molecule has 1 aliphatic heterocycles. The highest BCUT2D eigenvalue weighted by atomic mass is 19.1. The fourth-order valence-electron chi connectivity index (χ4n) is 2.87. The molecule has 2 rings (SSSR count). The summed E-state index contributed by atoms with van der Waals surface area (Å²) in [6.07, 6.45) is 2.31. The number of rotatable bonds is 5. The molecule has 128 valence electrons. The summed E-state index contributed by atoms with van der Waals surface area (Å²) in [4.78, 5) is 8.64. The topological polar surface area (TPSA) is 30.9 Å². The Labute approximate surface area is 137 Å². The number of aliphatic imine (C=N–C) groups is 1. The van der Waals surface area contributed by atoms with Crippen LogP contribution in [0.3, 0.4) is 0 Å². The van der Waals surface area contributed by atoms with E-state index in [1.54, 1.807) is 4.90 Å². The third-order valence-electron chi connectivity index (χ3n) is 4.11. The number of hydrogen-bond donors (Lipinski definition) is 1. The first-order valence-corrected chi connectivity index (χ1v) is 8.18. The van der Waals surface area contributed by atoms with Crippen molar-refractivity contribution in [2.24, 2.45) is 4.99 Å². The van der Waals surface area contributed by atoms with Crippen LogP contribution in [0.5, 0.6) is 0 Å². The van der Waals surface area contributed by atoms with Crippen molar-refractivity contribution in [2.45, 2.75) is 25.8 Å². The molecule has 1 aromatic carbocycles. The van der Waals surface area contributed by atoms with Crippen molar-refractivity contribution in [3.05, 3.63) is 35.4 Å². The van der Waals surface area contributed by atoms with E-state index >= 15 is 0 Å². The van der Waals surface area contributed by atoms with E-state index in [0.29, 0.717) is 6.54 Å². The maximum absolute atomic E-state index is 14.1. The molecule has 0 aliphatic carbocycles. The molecule has 1 fully saturated rings. The molecule has 1 heterocycles. The number of guanidine groups is 1. The molecule has 4 nitrogen and oxygen atoms in total. The second-order valence-corrected chi connectivity index (χ2v) is 6.00. The molecule has 1 unspecified atom stereocenters. The van der Waals surface area contributed by atoms with Gasteiger partial charge in [-0.1, -0.05) is 6.07 Å². The van der Waals surface area contributed by atoms with Crippen LogP contribution >= 0.6 is 0 Å². The van der Waals surface area contributed by atoms with Gasteiger partial charge >= 0.3 is 0 Å². The van der Waals surface area contributed by atoms with E-state index in [4.69, 9.17) is 0 Å². The summed E-state index contributed by atoms with van der Waals surface area (Å²) < 4.78 is 28.2. The standard InChI is InChI=1S/C17H26F2N4/c1-4-20-17(23-10-5-6-11-23)21-12-15(22(2)3)16-13(18)8-7-9-14(16)19/h7-9,15H,4-6,10-12H2,1-3H3,(H,20,21). The van der Waals surface area contributed by atoms with Gasteiger partial charge in [0.15, 0.2) is 5.96 Å². The molecule has 1 saturated heterocycles. The lowest BCUT2D eigenvalue weighted by Crippen LogP contribution is -2.40. The molecule has 6 heteroatoms. The van der Waals surface area contributed by atoms with Crippen molar-refractivity contribution >= 4 is 5.96 Å². The van der Waals surface area contributed by atoms with Crippen molar-refractivity contribution in [3.8, 4) is 0 Å². The van der Waals surface area contributed by atoms with Gasteiger partial charge in [-0.05, 0) is 46.0 Å². The number of halogens is 2. The van der Waals surface area contributed by atoms with Gasteiger partial charge in [0.25, 0.3) is 0 Å². The lowest BCUT2D eigenvalue weighted by Gasteiger charge is -2.26. The summed E-state index contributed by atoms with van der Waals surface area (Å²) in [6, 6.07) is 3.54. The molecule has 23 heavy (non-hydrogen) atoms. The second-order valence-electron chi connectivity index (χ2n) is 6.00. The number of benzene rings is 1. The Morgan fingerprint density at radius 3 is 2.39 bits per heavy atom. The SMILES string of the molecule is CCNC(=NCC(c1c(F)cccc1F)N(C)C)N1CCCC1. The molecule has 1 aromatic rings. The minimum absolute atomic E-state index is 0.0820. The van der Waals surface area contributed by atoms with Gasteiger partial charge in [-0.25, -0.2) is 8.78 Å². The number of hydrogen-bond acceptors (Lipinski definition) is 2. The fraction of sp³-hybridized carbons (Fsp3) is 0.588. The van der Waals surface area contributed by atoms with E-state index < -0.39 is 17.7 Å². The molecule has 0 bridgehead atoms. The summed E-state index contributed by atoms with van der Waals surface area (Å²) >= 11 is 0. The van der Waals surface area contributed by atoms with Crippen molar-refractivity contribution in [3.63, 3.8) is 0 Å². The van der Waals surface area contributed by atoms with Crippen LogP contribution in [0.15, 0.2) is 23.2 Å². The van der Waals surface area contributed by atoms with Crippen LogP contribution in [0.2, 0.25) is 0 Å². The normalized spacial score (nSPS) is 17.0. The van der Waals surface area contributed by atoms with Crippen LogP contribution in [0, 0.1) is 11.6 Å². The Bertz CT molecular complexity index is 519. The molecule has 1 N–H and O–H groups in total. The molecule has 0 radical (unpaired) electrons. The van der Waals surface area contributed by atoms with Crippen LogP contribution in [0.4, 0.5) is 8.78 Å². The Kier molecular flexibility index (Phi) is 6.33. The van der Waals surface area contributed by atoms with E-state index in [1.807, 2.05) is 21.0 Å². The van der Waals surface area contributed by atoms with Crippen LogP contribution in [0.25, 0.3) is 0 Å². The fourth-order valence-corrected chi connectivity index (χ4v) is 2.87. The quantitative estimate of drug-likeness (QED) is 0.667. The highest BCUT2D eigenvalue weighted by Gasteiger charge is 2.23. The van der Waals surface area contributed by atoms with Crippen LogP contribution in [-0.4, -0.2) is 56.0 Å². The molecule has 0 aromatic heterocycles. The average molecular weight is 324 g/mol. The zero-order valence-corrected chi connectivity index (χ0v) is 14.1. The summed E-state index contributed by atoms with van der Waals surface area (Å²) in [5.74, 6) is -0.219.